The number of carbonyl (C=O) groups is 1. The van der Waals surface area contributed by atoms with Crippen LogP contribution in [0.5, 0.6) is 5.75 Å². The summed E-state index contributed by atoms with van der Waals surface area (Å²) >= 11 is 3.38. The van der Waals surface area contributed by atoms with Gasteiger partial charge in [0.25, 0.3) is 5.56 Å². The Hall–Kier alpha value is -3.52. The number of aryl methyl sites for hydroxylation is 1. The van der Waals surface area contributed by atoms with E-state index in [0.29, 0.717) is 28.0 Å². The maximum absolute atomic E-state index is 13.0. The van der Waals surface area contributed by atoms with Crippen LogP contribution in [0.4, 0.5) is 0 Å². The fourth-order valence-electron chi connectivity index (χ4n) is 3.26. The van der Waals surface area contributed by atoms with Crippen molar-refractivity contribution in [2.45, 2.75) is 20.0 Å². The summed E-state index contributed by atoms with van der Waals surface area (Å²) in [7, 11) is 0. The Balaban J connectivity index is 1.88. The number of aromatic nitrogens is 2. The van der Waals surface area contributed by atoms with Crippen LogP contribution in [0.15, 0.2) is 69.0 Å². The van der Waals surface area contributed by atoms with Crippen LogP contribution in [0.25, 0.3) is 21.7 Å². The zero-order valence-corrected chi connectivity index (χ0v) is 18.3. The Labute approximate surface area is 185 Å². The molecule has 0 amide bonds. The predicted octanol–water partition coefficient (Wildman–Crippen LogP) is 4.35. The monoisotopic (exact) mass is 479 g/mol. The highest BCUT2D eigenvalue weighted by atomic mass is 79.9. The van der Waals surface area contributed by atoms with Crippen molar-refractivity contribution < 1.29 is 14.6 Å². The molecule has 1 N–H and O–H groups in total. The van der Waals surface area contributed by atoms with Crippen LogP contribution in [0, 0.1) is 6.92 Å². The zero-order chi connectivity index (χ0) is 22.1. The minimum absolute atomic E-state index is 0.304. The third-order valence-corrected chi connectivity index (χ3v) is 5.35. The lowest BCUT2D eigenvalue weighted by Gasteiger charge is -2.14. The van der Waals surface area contributed by atoms with Crippen LogP contribution in [-0.2, 0) is 4.79 Å². The van der Waals surface area contributed by atoms with E-state index in [0.717, 1.165) is 15.2 Å². The molecule has 1 heterocycles. The van der Waals surface area contributed by atoms with Crippen molar-refractivity contribution in [3.63, 3.8) is 0 Å². The first kappa shape index (κ1) is 20.7. The summed E-state index contributed by atoms with van der Waals surface area (Å²) in [6, 6.07) is 16.5. The predicted molar refractivity (Wildman–Crippen MR) is 123 cm³/mol. The number of aliphatic carboxylic acids is 1. The number of benzene rings is 3. The SMILES string of the molecule is Cc1nc2ccc(Br)cc2c(=O)n1N=Cc1c(O[C@@H](C)C(=O)O)ccc2ccccc12. The number of ether oxygens (including phenoxy) is 1. The summed E-state index contributed by atoms with van der Waals surface area (Å²) in [5.41, 5.74) is 0.857. The van der Waals surface area contributed by atoms with E-state index in [1.165, 1.54) is 17.8 Å². The summed E-state index contributed by atoms with van der Waals surface area (Å²) in [5.74, 6) is -0.287. The Kier molecular flexibility index (Phi) is 5.56. The average molecular weight is 480 g/mol. The van der Waals surface area contributed by atoms with E-state index in [4.69, 9.17) is 4.74 Å². The minimum Gasteiger partial charge on any atom is -0.479 e. The third-order valence-electron chi connectivity index (χ3n) is 4.85. The van der Waals surface area contributed by atoms with Gasteiger partial charge in [0, 0.05) is 10.0 Å². The van der Waals surface area contributed by atoms with Gasteiger partial charge in [-0.05, 0) is 48.9 Å². The van der Waals surface area contributed by atoms with Gasteiger partial charge >= 0.3 is 5.97 Å². The molecule has 31 heavy (non-hydrogen) atoms. The highest BCUT2D eigenvalue weighted by molar-refractivity contribution is 9.10. The molecule has 1 aromatic heterocycles. The molecule has 156 valence electrons. The van der Waals surface area contributed by atoms with Gasteiger partial charge in [0.05, 0.1) is 17.1 Å². The first-order chi connectivity index (χ1) is 14.8. The Morgan fingerprint density at radius 1 is 1.19 bits per heavy atom. The van der Waals surface area contributed by atoms with Crippen molar-refractivity contribution in [2.75, 3.05) is 0 Å². The summed E-state index contributed by atoms with van der Waals surface area (Å²) < 4.78 is 7.64. The van der Waals surface area contributed by atoms with Crippen molar-refractivity contribution in [1.29, 1.82) is 0 Å². The summed E-state index contributed by atoms with van der Waals surface area (Å²) in [6.45, 7) is 3.16. The standard InChI is InChI=1S/C23H18BrN3O4/c1-13(23(29)30)31-21-10-7-15-5-3-4-6-17(15)19(21)12-25-27-14(2)26-20-9-8-16(24)11-18(20)22(27)28/h3-13H,1-2H3,(H,29,30)/t13-/m0/s1. The smallest absolute Gasteiger partial charge is 0.344 e. The maximum atomic E-state index is 13.0. The normalized spacial score (nSPS) is 12.5. The van der Waals surface area contributed by atoms with Crippen LogP contribution in [0.2, 0.25) is 0 Å². The molecule has 0 radical (unpaired) electrons. The first-order valence-corrected chi connectivity index (χ1v) is 10.3. The number of halogens is 1. The number of rotatable bonds is 5. The minimum atomic E-state index is -1.08. The van der Waals surface area contributed by atoms with Gasteiger partial charge in [0.1, 0.15) is 11.6 Å². The molecule has 0 fully saturated rings. The number of hydrogen-bond acceptors (Lipinski definition) is 5. The van der Waals surface area contributed by atoms with E-state index in [2.05, 4.69) is 26.0 Å². The Morgan fingerprint density at radius 3 is 2.74 bits per heavy atom. The molecular formula is C23H18BrN3O4. The first-order valence-electron chi connectivity index (χ1n) is 9.49. The highest BCUT2D eigenvalue weighted by Crippen LogP contribution is 2.27. The van der Waals surface area contributed by atoms with Crippen LogP contribution >= 0.6 is 15.9 Å². The molecule has 7 nitrogen and oxygen atoms in total. The van der Waals surface area contributed by atoms with Gasteiger partial charge < -0.3 is 9.84 Å². The van der Waals surface area contributed by atoms with Gasteiger partial charge in [-0.15, -0.1) is 0 Å². The van der Waals surface area contributed by atoms with Crippen LogP contribution < -0.4 is 10.3 Å². The van der Waals surface area contributed by atoms with E-state index in [9.17, 15) is 14.7 Å². The molecule has 0 aliphatic carbocycles. The molecule has 8 heteroatoms. The topological polar surface area (TPSA) is 93.8 Å². The van der Waals surface area contributed by atoms with Gasteiger partial charge in [-0.1, -0.05) is 46.3 Å². The molecule has 0 spiro atoms. The van der Waals surface area contributed by atoms with Crippen molar-refractivity contribution in [3.05, 3.63) is 80.8 Å². The molecule has 1 atom stereocenters. The van der Waals surface area contributed by atoms with Crippen LogP contribution in [-0.4, -0.2) is 33.1 Å². The van der Waals surface area contributed by atoms with Gasteiger partial charge in [0.2, 0.25) is 0 Å². The molecule has 0 saturated heterocycles. The van der Waals surface area contributed by atoms with Gasteiger partial charge in [-0.3, -0.25) is 4.79 Å². The molecule has 0 aliphatic heterocycles. The van der Waals surface area contributed by atoms with Gasteiger partial charge in [-0.25, -0.2) is 9.78 Å². The number of carboxylic acid groups (broad SMARTS) is 1. The molecular weight excluding hydrogens is 462 g/mol. The molecule has 0 saturated carbocycles. The fourth-order valence-corrected chi connectivity index (χ4v) is 3.62. The van der Waals surface area contributed by atoms with E-state index in [1.54, 1.807) is 25.1 Å². The number of carboxylic acids is 1. The summed E-state index contributed by atoms with van der Waals surface area (Å²) in [4.78, 5) is 28.8. The van der Waals surface area contributed by atoms with E-state index in [1.807, 2.05) is 36.4 Å². The third kappa shape index (κ3) is 4.06. The van der Waals surface area contributed by atoms with E-state index in [-0.39, 0.29) is 5.56 Å². The van der Waals surface area contributed by atoms with Gasteiger partial charge in [0.15, 0.2) is 6.10 Å². The van der Waals surface area contributed by atoms with Crippen molar-refractivity contribution in [2.24, 2.45) is 5.10 Å². The highest BCUT2D eigenvalue weighted by Gasteiger charge is 2.16. The lowest BCUT2D eigenvalue weighted by molar-refractivity contribution is -0.144. The van der Waals surface area contributed by atoms with Crippen molar-refractivity contribution in [1.82, 2.24) is 9.66 Å². The van der Waals surface area contributed by atoms with E-state index >= 15 is 0 Å². The number of hydrogen-bond donors (Lipinski definition) is 1. The van der Waals surface area contributed by atoms with E-state index < -0.39 is 12.1 Å². The van der Waals surface area contributed by atoms with Crippen LogP contribution in [0.3, 0.4) is 0 Å². The molecule has 0 unspecified atom stereocenters. The van der Waals surface area contributed by atoms with Crippen molar-refractivity contribution >= 4 is 49.8 Å². The Bertz CT molecular complexity index is 1410. The number of nitrogens with zero attached hydrogens (tertiary/aromatic N) is 3. The van der Waals surface area contributed by atoms with Crippen molar-refractivity contribution in [3.8, 4) is 5.75 Å². The fraction of sp³-hybridized carbons (Fsp3) is 0.130. The van der Waals surface area contributed by atoms with Gasteiger partial charge in [-0.2, -0.15) is 9.78 Å². The average Bonchev–Trinajstić information content (AvgIpc) is 2.75. The van der Waals surface area contributed by atoms with Crippen LogP contribution in [0.1, 0.15) is 18.3 Å². The maximum Gasteiger partial charge on any atom is 0.344 e. The lowest BCUT2D eigenvalue weighted by atomic mass is 10.0. The lowest BCUT2D eigenvalue weighted by Crippen LogP contribution is -2.23. The summed E-state index contributed by atoms with van der Waals surface area (Å²) in [5, 5.41) is 15.8. The second-order valence-corrected chi connectivity index (χ2v) is 7.89. The zero-order valence-electron chi connectivity index (χ0n) is 16.7. The largest absolute Gasteiger partial charge is 0.479 e. The molecule has 0 bridgehead atoms. The Morgan fingerprint density at radius 2 is 1.97 bits per heavy atom. The number of fused-ring (bicyclic) bond motifs is 2. The molecule has 3 aromatic carbocycles. The molecule has 4 rings (SSSR count). The molecule has 0 aliphatic rings. The second-order valence-electron chi connectivity index (χ2n) is 6.98. The quantitative estimate of drug-likeness (QED) is 0.429. The second kappa shape index (κ2) is 8.31. The molecule has 4 aromatic rings. The summed E-state index contributed by atoms with van der Waals surface area (Å²) in [6.07, 6.45) is 0.462.